The number of rotatable bonds is 4. The molecule has 1 saturated heterocycles. The molecule has 5 heteroatoms. The molecule has 1 fully saturated rings. The Hall–Kier alpha value is -2.82. The van der Waals surface area contributed by atoms with Crippen LogP contribution in [0.5, 0.6) is 5.75 Å². The highest BCUT2D eigenvalue weighted by atomic mass is 16.5. The van der Waals surface area contributed by atoms with Crippen molar-refractivity contribution in [3.05, 3.63) is 54.1 Å². The molecule has 3 rings (SSSR count). The summed E-state index contributed by atoms with van der Waals surface area (Å²) < 4.78 is 5.36. The van der Waals surface area contributed by atoms with Crippen LogP contribution in [0, 0.1) is 5.92 Å². The van der Waals surface area contributed by atoms with Crippen molar-refractivity contribution in [3.8, 4) is 5.75 Å². The summed E-state index contributed by atoms with van der Waals surface area (Å²) in [7, 11) is 1.58. The van der Waals surface area contributed by atoms with Crippen LogP contribution in [0.25, 0.3) is 0 Å². The maximum Gasteiger partial charge on any atom is 0.229 e. The number of para-hydroxylation sites is 3. The van der Waals surface area contributed by atoms with Crippen LogP contribution in [-0.2, 0) is 15.0 Å². The molecular weight excluding hydrogens is 340 g/mol. The number of carbonyl (C=O) groups is 2. The van der Waals surface area contributed by atoms with E-state index in [0.29, 0.717) is 18.0 Å². The van der Waals surface area contributed by atoms with Crippen LogP contribution in [0.3, 0.4) is 0 Å². The van der Waals surface area contributed by atoms with Gasteiger partial charge in [0.05, 0.1) is 18.7 Å². The number of amides is 2. The van der Waals surface area contributed by atoms with E-state index in [-0.39, 0.29) is 23.7 Å². The lowest BCUT2D eigenvalue weighted by Crippen LogP contribution is -2.29. The minimum absolute atomic E-state index is 0.0660. The van der Waals surface area contributed by atoms with Crippen LogP contribution in [0.1, 0.15) is 32.8 Å². The first kappa shape index (κ1) is 19.0. The first-order chi connectivity index (χ1) is 12.8. The van der Waals surface area contributed by atoms with E-state index in [2.05, 4.69) is 26.1 Å². The maximum atomic E-state index is 12.8. The number of anilines is 2. The van der Waals surface area contributed by atoms with Crippen LogP contribution in [0.4, 0.5) is 11.4 Å². The van der Waals surface area contributed by atoms with E-state index in [1.165, 1.54) is 0 Å². The highest BCUT2D eigenvalue weighted by molar-refractivity contribution is 6.04. The van der Waals surface area contributed by atoms with E-state index in [0.717, 1.165) is 11.3 Å². The van der Waals surface area contributed by atoms with Crippen molar-refractivity contribution in [2.24, 2.45) is 5.92 Å². The normalized spacial score (nSPS) is 17.1. The van der Waals surface area contributed by atoms with Gasteiger partial charge in [0.2, 0.25) is 11.8 Å². The van der Waals surface area contributed by atoms with Gasteiger partial charge in [0.1, 0.15) is 5.75 Å². The lowest BCUT2D eigenvalue weighted by molar-refractivity contribution is -0.122. The molecular formula is C22H26N2O3. The molecule has 2 aromatic rings. The number of ether oxygens (including phenoxy) is 1. The topological polar surface area (TPSA) is 58.6 Å². The summed E-state index contributed by atoms with van der Waals surface area (Å²) in [6.07, 6.45) is 0.196. The number of hydrogen-bond acceptors (Lipinski definition) is 3. The summed E-state index contributed by atoms with van der Waals surface area (Å²) in [5.41, 5.74) is 2.50. The fourth-order valence-electron chi connectivity index (χ4n) is 3.45. The van der Waals surface area contributed by atoms with Crippen molar-refractivity contribution >= 4 is 23.2 Å². The molecule has 0 aromatic heterocycles. The molecule has 27 heavy (non-hydrogen) atoms. The van der Waals surface area contributed by atoms with E-state index in [4.69, 9.17) is 4.74 Å². The average Bonchev–Trinajstić information content (AvgIpc) is 3.03. The third kappa shape index (κ3) is 3.97. The van der Waals surface area contributed by atoms with Crippen LogP contribution in [0.15, 0.2) is 48.5 Å². The standard InChI is InChI=1S/C22H26N2O3/c1-22(2,3)16-9-5-6-10-17(16)23-21(26)15-13-20(25)24(14-15)18-11-7-8-12-19(18)27-4/h5-12,15H,13-14H2,1-4H3,(H,23,26). The zero-order chi connectivity index (χ0) is 19.6. The number of nitrogens with one attached hydrogen (secondary N) is 1. The van der Waals surface area contributed by atoms with Crippen molar-refractivity contribution in [3.63, 3.8) is 0 Å². The fourth-order valence-corrected chi connectivity index (χ4v) is 3.45. The third-order valence-electron chi connectivity index (χ3n) is 4.86. The SMILES string of the molecule is COc1ccccc1N1CC(C(=O)Nc2ccccc2C(C)(C)C)CC1=O. The van der Waals surface area contributed by atoms with Gasteiger partial charge in [0.15, 0.2) is 0 Å². The van der Waals surface area contributed by atoms with Gasteiger partial charge < -0.3 is 15.0 Å². The van der Waals surface area contributed by atoms with Gasteiger partial charge in [-0.3, -0.25) is 9.59 Å². The third-order valence-corrected chi connectivity index (χ3v) is 4.86. The molecule has 0 bridgehead atoms. The lowest BCUT2D eigenvalue weighted by Gasteiger charge is -2.24. The van der Waals surface area contributed by atoms with Crippen LogP contribution in [0.2, 0.25) is 0 Å². The largest absolute Gasteiger partial charge is 0.495 e. The highest BCUT2D eigenvalue weighted by Gasteiger charge is 2.36. The second-order valence-corrected chi connectivity index (χ2v) is 7.86. The van der Waals surface area contributed by atoms with Gasteiger partial charge in [-0.2, -0.15) is 0 Å². The van der Waals surface area contributed by atoms with Gasteiger partial charge in [-0.1, -0.05) is 51.1 Å². The van der Waals surface area contributed by atoms with Gasteiger partial charge in [-0.05, 0) is 29.2 Å². The summed E-state index contributed by atoms with van der Waals surface area (Å²) >= 11 is 0. The van der Waals surface area contributed by atoms with Crippen molar-refractivity contribution in [1.29, 1.82) is 0 Å². The Morgan fingerprint density at radius 2 is 1.78 bits per heavy atom. The molecule has 0 saturated carbocycles. The van der Waals surface area contributed by atoms with E-state index >= 15 is 0 Å². The monoisotopic (exact) mass is 366 g/mol. The molecule has 1 heterocycles. The predicted octanol–water partition coefficient (Wildman–Crippen LogP) is 3.98. The summed E-state index contributed by atoms with van der Waals surface area (Å²) in [5.74, 6) is 0.0432. The fraction of sp³-hybridized carbons (Fsp3) is 0.364. The Morgan fingerprint density at radius 3 is 2.48 bits per heavy atom. The molecule has 0 aliphatic carbocycles. The number of benzene rings is 2. The quantitative estimate of drug-likeness (QED) is 0.890. The van der Waals surface area contributed by atoms with E-state index in [9.17, 15) is 9.59 Å². The van der Waals surface area contributed by atoms with E-state index < -0.39 is 5.92 Å². The van der Waals surface area contributed by atoms with Gasteiger partial charge in [-0.15, -0.1) is 0 Å². The van der Waals surface area contributed by atoms with Crippen molar-refractivity contribution in [2.45, 2.75) is 32.6 Å². The molecule has 1 N–H and O–H groups in total. The summed E-state index contributed by atoms with van der Waals surface area (Å²) in [4.78, 5) is 27.0. The second kappa shape index (κ2) is 7.43. The molecule has 1 aliphatic rings. The number of hydrogen-bond donors (Lipinski definition) is 1. The van der Waals surface area contributed by atoms with Gasteiger partial charge in [0, 0.05) is 18.7 Å². The molecule has 2 amide bonds. The van der Waals surface area contributed by atoms with Gasteiger partial charge in [0.25, 0.3) is 0 Å². The Labute approximate surface area is 160 Å². The van der Waals surface area contributed by atoms with Crippen LogP contribution >= 0.6 is 0 Å². The van der Waals surface area contributed by atoms with Crippen molar-refractivity contribution in [2.75, 3.05) is 23.9 Å². The first-order valence-corrected chi connectivity index (χ1v) is 9.15. The molecule has 2 aromatic carbocycles. The minimum Gasteiger partial charge on any atom is -0.495 e. The van der Waals surface area contributed by atoms with Crippen molar-refractivity contribution < 1.29 is 14.3 Å². The zero-order valence-electron chi connectivity index (χ0n) is 16.3. The van der Waals surface area contributed by atoms with Gasteiger partial charge in [-0.25, -0.2) is 0 Å². The molecule has 5 nitrogen and oxygen atoms in total. The summed E-state index contributed by atoms with van der Waals surface area (Å²) in [6, 6.07) is 15.2. The van der Waals surface area contributed by atoms with Crippen molar-refractivity contribution in [1.82, 2.24) is 0 Å². The average molecular weight is 366 g/mol. The molecule has 1 unspecified atom stereocenters. The Kier molecular flexibility index (Phi) is 5.22. The number of nitrogens with zero attached hydrogens (tertiary/aromatic N) is 1. The number of methoxy groups -OCH3 is 1. The minimum atomic E-state index is -0.393. The van der Waals surface area contributed by atoms with Crippen LogP contribution in [-0.4, -0.2) is 25.5 Å². The van der Waals surface area contributed by atoms with Crippen LogP contribution < -0.4 is 15.0 Å². The maximum absolute atomic E-state index is 12.8. The predicted molar refractivity (Wildman–Crippen MR) is 107 cm³/mol. The van der Waals surface area contributed by atoms with E-state index in [1.807, 2.05) is 48.5 Å². The Bertz CT molecular complexity index is 855. The molecule has 142 valence electrons. The number of carbonyl (C=O) groups excluding carboxylic acids is 2. The summed E-state index contributed by atoms with van der Waals surface area (Å²) in [6.45, 7) is 6.68. The Balaban J connectivity index is 1.78. The zero-order valence-corrected chi connectivity index (χ0v) is 16.3. The van der Waals surface area contributed by atoms with Gasteiger partial charge >= 0.3 is 0 Å². The first-order valence-electron chi connectivity index (χ1n) is 9.15. The van der Waals surface area contributed by atoms with E-state index in [1.54, 1.807) is 12.0 Å². The molecule has 0 radical (unpaired) electrons. The summed E-state index contributed by atoms with van der Waals surface area (Å²) in [5, 5.41) is 3.03. The molecule has 0 spiro atoms. The highest BCUT2D eigenvalue weighted by Crippen LogP contribution is 2.34. The smallest absolute Gasteiger partial charge is 0.229 e. The molecule has 1 aliphatic heterocycles. The molecule has 1 atom stereocenters. The lowest BCUT2D eigenvalue weighted by atomic mass is 9.85. The second-order valence-electron chi connectivity index (χ2n) is 7.86. The Morgan fingerprint density at radius 1 is 1.11 bits per heavy atom.